The van der Waals surface area contributed by atoms with E-state index >= 15 is 0 Å². The summed E-state index contributed by atoms with van der Waals surface area (Å²) >= 11 is 0. The van der Waals surface area contributed by atoms with E-state index in [1.165, 1.54) is 11.1 Å². The summed E-state index contributed by atoms with van der Waals surface area (Å²) in [6.07, 6.45) is 0. The first kappa shape index (κ1) is 14.4. The van der Waals surface area contributed by atoms with Crippen LogP contribution in [0.1, 0.15) is 50.7 Å². The molecule has 2 aromatic carbocycles. The zero-order chi connectivity index (χ0) is 14.9. The number of rotatable bonds is 3. The molecule has 0 fully saturated rings. The maximum Gasteiger partial charge on any atom is 0.115 e. The van der Waals surface area contributed by atoms with Crippen LogP contribution in [0, 0.1) is 0 Å². The van der Waals surface area contributed by atoms with E-state index in [1.54, 1.807) is 12.1 Å². The van der Waals surface area contributed by atoms with E-state index in [2.05, 4.69) is 39.8 Å². The van der Waals surface area contributed by atoms with Gasteiger partial charge in [-0.1, -0.05) is 52.0 Å². The molecule has 20 heavy (non-hydrogen) atoms. The van der Waals surface area contributed by atoms with Crippen LogP contribution in [-0.4, -0.2) is 5.11 Å². The van der Waals surface area contributed by atoms with Gasteiger partial charge in [0.25, 0.3) is 0 Å². The van der Waals surface area contributed by atoms with Crippen LogP contribution in [0.25, 0.3) is 11.1 Å². The monoisotopic (exact) mass is 269 g/mol. The first-order valence-electron chi connectivity index (χ1n) is 7.13. The molecule has 0 aliphatic carbocycles. The summed E-state index contributed by atoms with van der Waals surface area (Å²) in [5.74, 6) is 1.08. The average Bonchev–Trinajstić information content (AvgIpc) is 2.39. The molecule has 0 heterocycles. The molecule has 106 valence electrons. The Hall–Kier alpha value is -1.96. The van der Waals surface area contributed by atoms with Crippen LogP contribution in [0.3, 0.4) is 0 Å². The van der Waals surface area contributed by atoms with Crippen LogP contribution in [0.5, 0.6) is 5.75 Å². The normalized spacial score (nSPS) is 11.3. The largest absolute Gasteiger partial charge is 0.508 e. The highest BCUT2D eigenvalue weighted by Crippen LogP contribution is 2.38. The summed E-state index contributed by atoms with van der Waals surface area (Å²) in [6.45, 7) is 8.66. The van der Waals surface area contributed by atoms with Gasteiger partial charge in [-0.2, -0.15) is 0 Å². The molecule has 2 nitrogen and oxygen atoms in total. The molecule has 0 radical (unpaired) electrons. The molecule has 2 aromatic rings. The number of hydrogen-bond donors (Lipinski definition) is 2. The third-order valence-electron chi connectivity index (χ3n) is 3.71. The van der Waals surface area contributed by atoms with E-state index in [1.807, 2.05) is 12.1 Å². The molecule has 0 atom stereocenters. The highest BCUT2D eigenvalue weighted by Gasteiger charge is 2.16. The summed E-state index contributed by atoms with van der Waals surface area (Å²) in [4.78, 5) is 0. The van der Waals surface area contributed by atoms with E-state index in [0.717, 1.165) is 16.8 Å². The number of phenols is 1. The van der Waals surface area contributed by atoms with Crippen molar-refractivity contribution in [2.45, 2.75) is 39.5 Å². The van der Waals surface area contributed by atoms with Crippen molar-refractivity contribution in [3.63, 3.8) is 0 Å². The standard InChI is InChI=1S/C18H23NO/c1-11(2)15-9-10-16(12(3)4)18(19)17(15)13-5-7-14(20)8-6-13/h5-12,20H,19H2,1-4H3. The number of phenolic OH excluding ortho intramolecular Hbond substituents is 1. The van der Waals surface area contributed by atoms with Crippen molar-refractivity contribution in [3.05, 3.63) is 47.5 Å². The summed E-state index contributed by atoms with van der Waals surface area (Å²) in [7, 11) is 0. The van der Waals surface area contributed by atoms with Crippen molar-refractivity contribution in [1.29, 1.82) is 0 Å². The van der Waals surface area contributed by atoms with E-state index < -0.39 is 0 Å². The van der Waals surface area contributed by atoms with E-state index in [-0.39, 0.29) is 5.75 Å². The second-order valence-electron chi connectivity index (χ2n) is 5.89. The van der Waals surface area contributed by atoms with E-state index in [0.29, 0.717) is 11.8 Å². The molecule has 2 rings (SSSR count). The Labute approximate surface area is 121 Å². The van der Waals surface area contributed by atoms with E-state index in [4.69, 9.17) is 5.73 Å². The Kier molecular flexibility index (Phi) is 4.03. The van der Waals surface area contributed by atoms with Gasteiger partial charge in [0.1, 0.15) is 5.75 Å². The van der Waals surface area contributed by atoms with Crippen molar-refractivity contribution in [2.75, 3.05) is 5.73 Å². The lowest BCUT2D eigenvalue weighted by atomic mass is 9.87. The predicted octanol–water partition coefficient (Wildman–Crippen LogP) is 4.89. The molecule has 0 saturated carbocycles. The lowest BCUT2D eigenvalue weighted by Gasteiger charge is -2.20. The Morgan fingerprint density at radius 1 is 0.800 bits per heavy atom. The average molecular weight is 269 g/mol. The SMILES string of the molecule is CC(C)c1ccc(C(C)C)c(-c2ccc(O)cc2)c1N. The van der Waals surface area contributed by atoms with Gasteiger partial charge < -0.3 is 10.8 Å². The molecule has 0 aliphatic rings. The number of aromatic hydroxyl groups is 1. The van der Waals surface area contributed by atoms with Gasteiger partial charge in [0.05, 0.1) is 0 Å². The first-order valence-corrected chi connectivity index (χ1v) is 7.13. The van der Waals surface area contributed by atoms with Crippen LogP contribution >= 0.6 is 0 Å². The molecule has 0 amide bonds. The molecule has 0 spiro atoms. The lowest BCUT2D eigenvalue weighted by molar-refractivity contribution is 0.475. The third-order valence-corrected chi connectivity index (χ3v) is 3.71. The molecule has 2 heteroatoms. The summed E-state index contributed by atoms with van der Waals surface area (Å²) in [6, 6.07) is 11.6. The second-order valence-corrected chi connectivity index (χ2v) is 5.89. The molecule has 0 bridgehead atoms. The number of nitrogens with two attached hydrogens (primary N) is 1. The number of hydrogen-bond acceptors (Lipinski definition) is 2. The maximum atomic E-state index is 9.46. The van der Waals surface area contributed by atoms with Gasteiger partial charge in [-0.3, -0.25) is 0 Å². The molecule has 0 saturated heterocycles. The Morgan fingerprint density at radius 2 is 1.30 bits per heavy atom. The molecular formula is C18H23NO. The number of nitrogen functional groups attached to an aromatic ring is 1. The first-order chi connectivity index (χ1) is 9.41. The zero-order valence-corrected chi connectivity index (χ0v) is 12.6. The van der Waals surface area contributed by atoms with Gasteiger partial charge in [-0.15, -0.1) is 0 Å². The summed E-state index contributed by atoms with van der Waals surface area (Å²) in [5, 5.41) is 9.46. The third kappa shape index (κ3) is 2.64. The minimum atomic E-state index is 0.276. The van der Waals surface area contributed by atoms with Crippen LogP contribution in [-0.2, 0) is 0 Å². The van der Waals surface area contributed by atoms with Crippen molar-refractivity contribution < 1.29 is 5.11 Å². The topological polar surface area (TPSA) is 46.2 Å². The Bertz CT molecular complexity index is 598. The minimum Gasteiger partial charge on any atom is -0.508 e. The number of anilines is 1. The molecule has 3 N–H and O–H groups in total. The molecular weight excluding hydrogens is 246 g/mol. The Balaban J connectivity index is 2.70. The van der Waals surface area contributed by atoms with Crippen LogP contribution in [0.2, 0.25) is 0 Å². The van der Waals surface area contributed by atoms with E-state index in [9.17, 15) is 5.11 Å². The van der Waals surface area contributed by atoms with Crippen LogP contribution in [0.4, 0.5) is 5.69 Å². The maximum absolute atomic E-state index is 9.46. The zero-order valence-electron chi connectivity index (χ0n) is 12.6. The van der Waals surface area contributed by atoms with Crippen molar-refractivity contribution in [3.8, 4) is 16.9 Å². The van der Waals surface area contributed by atoms with Crippen molar-refractivity contribution in [1.82, 2.24) is 0 Å². The molecule has 0 aromatic heterocycles. The van der Waals surface area contributed by atoms with Gasteiger partial charge in [0.15, 0.2) is 0 Å². The van der Waals surface area contributed by atoms with Gasteiger partial charge in [-0.05, 0) is 40.7 Å². The molecule has 0 unspecified atom stereocenters. The predicted molar refractivity (Wildman–Crippen MR) is 86.1 cm³/mol. The quantitative estimate of drug-likeness (QED) is 0.779. The van der Waals surface area contributed by atoms with Gasteiger partial charge in [0, 0.05) is 11.3 Å². The van der Waals surface area contributed by atoms with Crippen LogP contribution < -0.4 is 5.73 Å². The summed E-state index contributed by atoms with van der Waals surface area (Å²) in [5.41, 5.74) is 11.9. The van der Waals surface area contributed by atoms with Gasteiger partial charge >= 0.3 is 0 Å². The van der Waals surface area contributed by atoms with Crippen molar-refractivity contribution in [2.24, 2.45) is 0 Å². The smallest absolute Gasteiger partial charge is 0.115 e. The van der Waals surface area contributed by atoms with Gasteiger partial charge in [-0.25, -0.2) is 0 Å². The second kappa shape index (κ2) is 5.58. The number of benzene rings is 2. The van der Waals surface area contributed by atoms with Crippen LogP contribution in [0.15, 0.2) is 36.4 Å². The van der Waals surface area contributed by atoms with Crippen molar-refractivity contribution >= 4 is 5.69 Å². The summed E-state index contributed by atoms with van der Waals surface area (Å²) < 4.78 is 0. The highest BCUT2D eigenvalue weighted by molar-refractivity contribution is 5.82. The van der Waals surface area contributed by atoms with Gasteiger partial charge in [0.2, 0.25) is 0 Å². The fourth-order valence-electron chi connectivity index (χ4n) is 2.59. The minimum absolute atomic E-state index is 0.276. The lowest BCUT2D eigenvalue weighted by Crippen LogP contribution is -2.03. The molecule has 0 aliphatic heterocycles. The fraction of sp³-hybridized carbons (Fsp3) is 0.333. The fourth-order valence-corrected chi connectivity index (χ4v) is 2.59. The Morgan fingerprint density at radius 3 is 1.80 bits per heavy atom. The highest BCUT2D eigenvalue weighted by atomic mass is 16.3.